The van der Waals surface area contributed by atoms with Gasteiger partial charge in [0.05, 0.1) is 5.75 Å². The van der Waals surface area contributed by atoms with Gasteiger partial charge >= 0.3 is 0 Å². The highest BCUT2D eigenvalue weighted by atomic mass is 35.5. The molecule has 0 atom stereocenters. The largest absolute Gasteiger partial charge is 0.360 e. The number of aromatic nitrogens is 3. The zero-order chi connectivity index (χ0) is 20.2. The minimum Gasteiger partial charge on any atom is -0.360 e. The number of amides is 2. The van der Waals surface area contributed by atoms with Gasteiger partial charge in [-0.15, -0.1) is 10.2 Å². The Balaban J connectivity index is 1.23. The van der Waals surface area contributed by atoms with Crippen LogP contribution in [-0.4, -0.2) is 32.9 Å². The molecule has 150 valence electrons. The Morgan fingerprint density at radius 2 is 2.10 bits per heavy atom. The Kier molecular flexibility index (Phi) is 6.12. The number of nitrogens with zero attached hydrogens (tertiary/aromatic N) is 3. The van der Waals surface area contributed by atoms with Gasteiger partial charge in [0.1, 0.15) is 5.76 Å². The molecule has 2 amide bonds. The van der Waals surface area contributed by atoms with Crippen LogP contribution in [0.2, 0.25) is 5.02 Å². The molecule has 1 aromatic carbocycles. The van der Waals surface area contributed by atoms with Crippen molar-refractivity contribution in [3.05, 3.63) is 52.4 Å². The lowest BCUT2D eigenvalue weighted by molar-refractivity contribution is -0.118. The van der Waals surface area contributed by atoms with Crippen LogP contribution in [-0.2, 0) is 11.3 Å². The summed E-state index contributed by atoms with van der Waals surface area (Å²) < 4.78 is 5.76. The molecule has 0 unspecified atom stereocenters. The van der Waals surface area contributed by atoms with E-state index in [1.807, 2.05) is 18.2 Å². The second-order valence-corrected chi connectivity index (χ2v) is 8.98. The molecular weight excluding hydrogens is 434 g/mol. The molecule has 4 rings (SSSR count). The predicted octanol–water partition coefficient (Wildman–Crippen LogP) is 3.72. The summed E-state index contributed by atoms with van der Waals surface area (Å²) in [5.74, 6) is 0.766. The summed E-state index contributed by atoms with van der Waals surface area (Å²) in [5.41, 5.74) is 1.07. The lowest BCUT2D eigenvalue weighted by Crippen LogP contribution is -2.24. The molecule has 1 fully saturated rings. The van der Waals surface area contributed by atoms with Gasteiger partial charge in [-0.2, -0.15) is 0 Å². The van der Waals surface area contributed by atoms with Gasteiger partial charge in [0, 0.05) is 23.6 Å². The van der Waals surface area contributed by atoms with Gasteiger partial charge < -0.3 is 9.84 Å². The SMILES string of the molecule is O=C(CSc1nnc(NC(=O)c2cc(C3CC3)on2)s1)NCc1ccccc1Cl. The fraction of sp³-hybridized carbons (Fsp3) is 0.278. The number of anilines is 1. The Bertz CT molecular complexity index is 1030. The maximum atomic E-state index is 12.2. The van der Waals surface area contributed by atoms with Gasteiger partial charge in [-0.1, -0.05) is 58.1 Å². The molecule has 1 aliphatic rings. The molecule has 0 bridgehead atoms. The van der Waals surface area contributed by atoms with Crippen LogP contribution in [0.5, 0.6) is 0 Å². The molecule has 1 aliphatic carbocycles. The van der Waals surface area contributed by atoms with Crippen LogP contribution in [0.3, 0.4) is 0 Å². The van der Waals surface area contributed by atoms with Crippen LogP contribution >= 0.6 is 34.7 Å². The van der Waals surface area contributed by atoms with Crippen molar-refractivity contribution >= 4 is 51.6 Å². The Hall–Kier alpha value is -2.43. The number of benzene rings is 1. The lowest BCUT2D eigenvalue weighted by atomic mass is 10.2. The average molecular weight is 450 g/mol. The van der Waals surface area contributed by atoms with Crippen molar-refractivity contribution in [2.24, 2.45) is 0 Å². The van der Waals surface area contributed by atoms with Gasteiger partial charge in [-0.25, -0.2) is 0 Å². The first-order valence-electron chi connectivity index (χ1n) is 8.83. The van der Waals surface area contributed by atoms with E-state index in [4.69, 9.17) is 16.1 Å². The van der Waals surface area contributed by atoms with Crippen LogP contribution in [0.1, 0.15) is 40.6 Å². The molecule has 3 aromatic rings. The van der Waals surface area contributed by atoms with Crippen LogP contribution in [0.15, 0.2) is 39.2 Å². The summed E-state index contributed by atoms with van der Waals surface area (Å²) >= 11 is 8.50. The maximum absolute atomic E-state index is 12.2. The Labute approximate surface area is 179 Å². The predicted molar refractivity (Wildman–Crippen MR) is 110 cm³/mol. The smallest absolute Gasteiger partial charge is 0.279 e. The van der Waals surface area contributed by atoms with Gasteiger partial charge in [0.2, 0.25) is 11.0 Å². The summed E-state index contributed by atoms with van der Waals surface area (Å²) in [6.45, 7) is 0.358. The third kappa shape index (κ3) is 5.34. The molecule has 8 nitrogen and oxygen atoms in total. The molecule has 2 heterocycles. The normalized spacial score (nSPS) is 13.3. The average Bonchev–Trinajstić information content (AvgIpc) is 3.27. The molecule has 2 N–H and O–H groups in total. The highest BCUT2D eigenvalue weighted by Crippen LogP contribution is 2.40. The third-order valence-electron chi connectivity index (χ3n) is 4.13. The monoisotopic (exact) mass is 449 g/mol. The number of halogens is 1. The zero-order valence-corrected chi connectivity index (χ0v) is 17.4. The Morgan fingerprint density at radius 3 is 2.90 bits per heavy atom. The lowest BCUT2D eigenvalue weighted by Gasteiger charge is -2.05. The standard InChI is InChI=1S/C18H16ClN5O3S2/c19-12-4-2-1-3-11(12)8-20-15(25)9-28-18-23-22-17(29-18)21-16(26)13-7-14(27-24-13)10-5-6-10/h1-4,7,10H,5-6,8-9H2,(H,20,25)(H,21,22,26). The minimum atomic E-state index is -0.397. The van der Waals surface area contributed by atoms with E-state index >= 15 is 0 Å². The highest BCUT2D eigenvalue weighted by molar-refractivity contribution is 8.01. The number of carbonyl (C=O) groups is 2. The minimum absolute atomic E-state index is 0.147. The highest BCUT2D eigenvalue weighted by Gasteiger charge is 2.29. The summed E-state index contributed by atoms with van der Waals surface area (Å²) in [4.78, 5) is 24.2. The van der Waals surface area contributed by atoms with Crippen molar-refractivity contribution in [3.63, 3.8) is 0 Å². The Morgan fingerprint density at radius 1 is 1.28 bits per heavy atom. The molecule has 1 saturated carbocycles. The van der Waals surface area contributed by atoms with Crippen molar-refractivity contribution < 1.29 is 14.1 Å². The van der Waals surface area contributed by atoms with Crippen LogP contribution in [0.25, 0.3) is 0 Å². The fourth-order valence-electron chi connectivity index (χ4n) is 2.45. The van der Waals surface area contributed by atoms with E-state index < -0.39 is 5.91 Å². The summed E-state index contributed by atoms with van der Waals surface area (Å²) in [5, 5.41) is 18.1. The molecule has 0 aliphatic heterocycles. The number of thioether (sulfide) groups is 1. The van der Waals surface area contributed by atoms with E-state index in [-0.39, 0.29) is 17.4 Å². The second-order valence-electron chi connectivity index (χ2n) is 6.37. The number of hydrogen-bond donors (Lipinski definition) is 2. The van der Waals surface area contributed by atoms with Crippen molar-refractivity contribution in [1.29, 1.82) is 0 Å². The molecule has 11 heteroatoms. The number of hydrogen-bond acceptors (Lipinski definition) is 8. The van der Waals surface area contributed by atoms with E-state index in [0.717, 1.165) is 24.2 Å². The molecule has 29 heavy (non-hydrogen) atoms. The first-order chi connectivity index (χ1) is 14.1. The number of carbonyl (C=O) groups excluding carboxylic acids is 2. The fourth-order valence-corrected chi connectivity index (χ4v) is 4.23. The molecule has 2 aromatic heterocycles. The van der Waals surface area contributed by atoms with Gasteiger partial charge in [-0.3, -0.25) is 14.9 Å². The summed E-state index contributed by atoms with van der Waals surface area (Å²) in [6.07, 6.45) is 2.14. The second kappa shape index (κ2) is 8.93. The van der Waals surface area contributed by atoms with E-state index in [1.165, 1.54) is 23.1 Å². The van der Waals surface area contributed by atoms with Gasteiger partial charge in [0.25, 0.3) is 5.91 Å². The zero-order valence-electron chi connectivity index (χ0n) is 15.1. The summed E-state index contributed by atoms with van der Waals surface area (Å²) in [6, 6.07) is 9.00. The molecular formula is C18H16ClN5O3S2. The van der Waals surface area contributed by atoms with E-state index in [0.29, 0.717) is 27.0 Å². The molecule has 0 spiro atoms. The topological polar surface area (TPSA) is 110 Å². The summed E-state index contributed by atoms with van der Waals surface area (Å²) in [7, 11) is 0. The van der Waals surface area contributed by atoms with Crippen LogP contribution in [0.4, 0.5) is 5.13 Å². The quantitative estimate of drug-likeness (QED) is 0.398. The maximum Gasteiger partial charge on any atom is 0.279 e. The first kappa shape index (κ1) is 19.9. The molecule has 0 saturated heterocycles. The number of rotatable bonds is 8. The van der Waals surface area contributed by atoms with E-state index in [9.17, 15) is 9.59 Å². The van der Waals surface area contributed by atoms with Crippen molar-refractivity contribution in [3.8, 4) is 0 Å². The van der Waals surface area contributed by atoms with E-state index in [2.05, 4.69) is 26.0 Å². The van der Waals surface area contributed by atoms with Gasteiger partial charge in [0.15, 0.2) is 10.0 Å². The number of nitrogens with one attached hydrogen (secondary N) is 2. The van der Waals surface area contributed by atoms with E-state index in [1.54, 1.807) is 12.1 Å². The van der Waals surface area contributed by atoms with Gasteiger partial charge in [-0.05, 0) is 24.5 Å². The van der Waals surface area contributed by atoms with Crippen molar-refractivity contribution in [1.82, 2.24) is 20.7 Å². The first-order valence-corrected chi connectivity index (χ1v) is 11.0. The molecule has 0 radical (unpaired) electrons. The van der Waals surface area contributed by atoms with Crippen LogP contribution in [0, 0.1) is 0 Å². The van der Waals surface area contributed by atoms with Crippen LogP contribution < -0.4 is 10.6 Å². The van der Waals surface area contributed by atoms with Crippen molar-refractivity contribution in [2.75, 3.05) is 11.1 Å². The van der Waals surface area contributed by atoms with Crippen molar-refractivity contribution in [2.45, 2.75) is 29.6 Å². The third-order valence-corrected chi connectivity index (χ3v) is 6.47.